The molecule has 0 radical (unpaired) electrons. The van der Waals surface area contributed by atoms with Gasteiger partial charge in [0.1, 0.15) is 5.75 Å². The van der Waals surface area contributed by atoms with Crippen molar-refractivity contribution in [2.24, 2.45) is 5.73 Å². The number of nitro groups is 1. The van der Waals surface area contributed by atoms with Crippen LogP contribution in [0, 0.1) is 17.0 Å². The quantitative estimate of drug-likeness (QED) is 0.682. The summed E-state index contributed by atoms with van der Waals surface area (Å²) in [5.41, 5.74) is 7.13. The first-order chi connectivity index (χ1) is 9.49. The lowest BCUT2D eigenvalue weighted by Crippen LogP contribution is -2.05. The molecule has 0 fully saturated rings. The molecule has 6 nitrogen and oxygen atoms in total. The smallest absolute Gasteiger partial charge is 0.276 e. The zero-order valence-corrected chi connectivity index (χ0v) is 11.2. The van der Waals surface area contributed by atoms with Gasteiger partial charge in [0.15, 0.2) is 0 Å². The van der Waals surface area contributed by atoms with Crippen LogP contribution in [0.15, 0.2) is 36.5 Å². The van der Waals surface area contributed by atoms with Gasteiger partial charge in [0.25, 0.3) is 5.69 Å². The van der Waals surface area contributed by atoms with Gasteiger partial charge in [-0.2, -0.15) is 0 Å². The van der Waals surface area contributed by atoms with Gasteiger partial charge >= 0.3 is 0 Å². The normalized spacial score (nSPS) is 11.9. The Morgan fingerprint density at radius 3 is 2.65 bits per heavy atom. The molecule has 104 valence electrons. The predicted octanol–water partition coefficient (Wildman–Crippen LogP) is 3.11. The molecule has 0 aliphatic heterocycles. The van der Waals surface area contributed by atoms with Crippen LogP contribution in [-0.4, -0.2) is 9.91 Å². The fraction of sp³-hybridized carbons (Fsp3) is 0.214. The minimum Gasteiger partial charge on any atom is -0.439 e. The van der Waals surface area contributed by atoms with Crippen molar-refractivity contribution in [1.29, 1.82) is 0 Å². The van der Waals surface area contributed by atoms with E-state index in [-0.39, 0.29) is 11.7 Å². The van der Waals surface area contributed by atoms with Gasteiger partial charge in [-0.3, -0.25) is 10.1 Å². The topological polar surface area (TPSA) is 91.3 Å². The molecule has 0 saturated carbocycles. The summed E-state index contributed by atoms with van der Waals surface area (Å²) in [6, 6.07) is 8.10. The second-order valence-corrected chi connectivity index (χ2v) is 4.48. The average molecular weight is 273 g/mol. The van der Waals surface area contributed by atoms with Crippen LogP contribution in [0.2, 0.25) is 0 Å². The van der Waals surface area contributed by atoms with E-state index in [0.717, 1.165) is 5.56 Å². The summed E-state index contributed by atoms with van der Waals surface area (Å²) < 4.78 is 5.58. The van der Waals surface area contributed by atoms with Crippen molar-refractivity contribution in [2.45, 2.75) is 19.9 Å². The Labute approximate surface area is 116 Å². The van der Waals surface area contributed by atoms with Gasteiger partial charge in [-0.05, 0) is 25.5 Å². The van der Waals surface area contributed by atoms with Crippen LogP contribution in [0.3, 0.4) is 0 Å². The third kappa shape index (κ3) is 2.92. The van der Waals surface area contributed by atoms with Crippen molar-refractivity contribution in [1.82, 2.24) is 4.98 Å². The lowest BCUT2D eigenvalue weighted by molar-refractivity contribution is -0.385. The van der Waals surface area contributed by atoms with Crippen LogP contribution >= 0.6 is 0 Å². The van der Waals surface area contributed by atoms with Gasteiger partial charge in [0.2, 0.25) is 5.88 Å². The van der Waals surface area contributed by atoms with Crippen molar-refractivity contribution in [3.8, 4) is 11.6 Å². The fourth-order valence-electron chi connectivity index (χ4n) is 1.75. The summed E-state index contributed by atoms with van der Waals surface area (Å²) in [5.74, 6) is 0.790. The largest absolute Gasteiger partial charge is 0.439 e. The molecule has 20 heavy (non-hydrogen) atoms. The van der Waals surface area contributed by atoms with Gasteiger partial charge in [-0.1, -0.05) is 12.1 Å². The van der Waals surface area contributed by atoms with E-state index >= 15 is 0 Å². The lowest BCUT2D eigenvalue weighted by Gasteiger charge is -2.09. The van der Waals surface area contributed by atoms with Crippen molar-refractivity contribution >= 4 is 5.69 Å². The second-order valence-electron chi connectivity index (χ2n) is 4.48. The number of aromatic nitrogens is 1. The number of pyridine rings is 1. The van der Waals surface area contributed by atoms with Crippen LogP contribution in [0.5, 0.6) is 11.6 Å². The van der Waals surface area contributed by atoms with E-state index < -0.39 is 4.92 Å². The molecule has 2 N–H and O–H groups in total. The average Bonchev–Trinajstić information content (AvgIpc) is 2.41. The Morgan fingerprint density at radius 1 is 1.35 bits per heavy atom. The molecule has 0 saturated heterocycles. The summed E-state index contributed by atoms with van der Waals surface area (Å²) in [5, 5.41) is 10.9. The van der Waals surface area contributed by atoms with Crippen LogP contribution in [0.25, 0.3) is 0 Å². The minimum absolute atomic E-state index is 0.0229. The summed E-state index contributed by atoms with van der Waals surface area (Å²) in [4.78, 5) is 14.6. The highest BCUT2D eigenvalue weighted by Crippen LogP contribution is 2.30. The van der Waals surface area contributed by atoms with E-state index in [1.54, 1.807) is 31.3 Å². The van der Waals surface area contributed by atoms with Crippen LogP contribution < -0.4 is 10.5 Å². The van der Waals surface area contributed by atoms with Gasteiger partial charge in [-0.15, -0.1) is 0 Å². The number of nitrogens with zero attached hydrogens (tertiary/aromatic N) is 2. The molecule has 0 aliphatic carbocycles. The molecule has 2 rings (SSSR count). The summed E-state index contributed by atoms with van der Waals surface area (Å²) >= 11 is 0. The molecule has 1 aromatic heterocycles. The van der Waals surface area contributed by atoms with Crippen molar-refractivity contribution < 1.29 is 9.66 Å². The monoisotopic (exact) mass is 273 g/mol. The number of nitro benzene ring substituents is 1. The molecular formula is C14H15N3O3. The van der Waals surface area contributed by atoms with Crippen LogP contribution in [-0.2, 0) is 0 Å². The molecule has 0 aliphatic rings. The Morgan fingerprint density at radius 2 is 2.10 bits per heavy atom. The number of rotatable bonds is 4. The van der Waals surface area contributed by atoms with Gasteiger partial charge in [0, 0.05) is 24.4 Å². The van der Waals surface area contributed by atoms with E-state index in [2.05, 4.69) is 4.98 Å². The Bertz CT molecular complexity index is 624. The Balaban J connectivity index is 2.26. The highest BCUT2D eigenvalue weighted by molar-refractivity contribution is 5.49. The number of hydrogen-bond donors (Lipinski definition) is 1. The molecule has 1 atom stereocenters. The number of nitrogens with two attached hydrogens (primary N) is 1. The molecule has 0 unspecified atom stereocenters. The van der Waals surface area contributed by atoms with Crippen LogP contribution in [0.1, 0.15) is 24.1 Å². The standard InChI is InChI=1S/C14H15N3O3/c1-9-12(17(18)19)4-3-5-13(9)20-14-7-6-11(8-16-14)10(2)15/h3-8,10H,15H2,1-2H3/t10-/m0/s1. The Hall–Kier alpha value is -2.47. The molecule has 1 aromatic carbocycles. The van der Waals surface area contributed by atoms with E-state index in [1.807, 2.05) is 13.0 Å². The SMILES string of the molecule is Cc1c(Oc2ccc([C@H](C)N)cn2)cccc1[N+](=O)[O-]. The maximum absolute atomic E-state index is 10.9. The maximum Gasteiger partial charge on any atom is 0.276 e. The minimum atomic E-state index is -0.436. The summed E-state index contributed by atoms with van der Waals surface area (Å²) in [6.45, 7) is 3.51. The third-order valence-corrected chi connectivity index (χ3v) is 2.95. The maximum atomic E-state index is 10.9. The lowest BCUT2D eigenvalue weighted by atomic mass is 10.1. The van der Waals surface area contributed by atoms with Gasteiger partial charge in [-0.25, -0.2) is 4.98 Å². The van der Waals surface area contributed by atoms with E-state index in [1.165, 1.54) is 6.07 Å². The van der Waals surface area contributed by atoms with E-state index in [4.69, 9.17) is 10.5 Å². The summed E-state index contributed by atoms with van der Waals surface area (Å²) in [6.07, 6.45) is 1.63. The summed E-state index contributed by atoms with van der Waals surface area (Å²) in [7, 11) is 0. The van der Waals surface area contributed by atoms with Gasteiger partial charge < -0.3 is 10.5 Å². The molecule has 2 aromatic rings. The highest BCUT2D eigenvalue weighted by Gasteiger charge is 2.15. The number of hydrogen-bond acceptors (Lipinski definition) is 5. The number of benzene rings is 1. The molecule has 0 bridgehead atoms. The van der Waals surface area contributed by atoms with Crippen molar-refractivity contribution in [3.05, 3.63) is 57.8 Å². The fourth-order valence-corrected chi connectivity index (χ4v) is 1.75. The Kier molecular flexibility index (Phi) is 3.95. The first-order valence-corrected chi connectivity index (χ1v) is 6.12. The predicted molar refractivity (Wildman–Crippen MR) is 74.7 cm³/mol. The molecule has 6 heteroatoms. The van der Waals surface area contributed by atoms with E-state index in [0.29, 0.717) is 17.2 Å². The second kappa shape index (κ2) is 5.66. The van der Waals surface area contributed by atoms with Crippen molar-refractivity contribution in [2.75, 3.05) is 0 Å². The van der Waals surface area contributed by atoms with Crippen molar-refractivity contribution in [3.63, 3.8) is 0 Å². The number of ether oxygens (including phenoxy) is 1. The zero-order chi connectivity index (χ0) is 14.7. The van der Waals surface area contributed by atoms with E-state index in [9.17, 15) is 10.1 Å². The molecule has 1 heterocycles. The highest BCUT2D eigenvalue weighted by atomic mass is 16.6. The molecule has 0 amide bonds. The van der Waals surface area contributed by atoms with Crippen LogP contribution in [0.4, 0.5) is 5.69 Å². The first-order valence-electron chi connectivity index (χ1n) is 6.12. The molecular weight excluding hydrogens is 258 g/mol. The van der Waals surface area contributed by atoms with Gasteiger partial charge in [0.05, 0.1) is 10.5 Å². The third-order valence-electron chi connectivity index (χ3n) is 2.95. The first kappa shape index (κ1) is 14.0. The molecule has 0 spiro atoms. The zero-order valence-electron chi connectivity index (χ0n) is 11.2.